The number of nitrogens with zero attached hydrogens (tertiary/aromatic N) is 1. The Bertz CT molecular complexity index is 353. The number of carboxylic acids is 1. The predicted octanol–water partition coefficient (Wildman–Crippen LogP) is -0.427. The zero-order valence-corrected chi connectivity index (χ0v) is 9.13. The van der Waals surface area contributed by atoms with E-state index in [2.05, 4.69) is 0 Å². The summed E-state index contributed by atoms with van der Waals surface area (Å²) in [6, 6.07) is -1.34. The molecule has 1 rings (SSSR count). The van der Waals surface area contributed by atoms with Crippen LogP contribution in [0.2, 0.25) is 0 Å². The summed E-state index contributed by atoms with van der Waals surface area (Å²) in [5, 5.41) is 9.75. The lowest BCUT2D eigenvalue weighted by molar-refractivity contribution is -0.310. The molecule has 0 aromatic heterocycles. The van der Waals surface area contributed by atoms with Gasteiger partial charge in [-0.25, -0.2) is 0 Å². The zero-order valence-electron chi connectivity index (χ0n) is 7.62. The van der Waals surface area contributed by atoms with Gasteiger partial charge in [-0.1, -0.05) is 30.1 Å². The molecule has 0 spiro atoms. The van der Waals surface area contributed by atoms with Crippen LogP contribution in [0.5, 0.6) is 0 Å². The SMILES string of the molecule is CCC(C(=O)[O-])N1C(=O)C(Cl)=C(Cl)C1=O. The average molecular weight is 251 g/mol. The molecule has 0 saturated carbocycles. The third-order valence-electron chi connectivity index (χ3n) is 1.98. The van der Waals surface area contributed by atoms with E-state index < -0.39 is 33.9 Å². The van der Waals surface area contributed by atoms with E-state index in [-0.39, 0.29) is 6.42 Å². The topological polar surface area (TPSA) is 77.5 Å². The molecule has 82 valence electrons. The molecule has 1 aliphatic heterocycles. The summed E-state index contributed by atoms with van der Waals surface area (Å²) in [5.41, 5.74) is 0. The Kier molecular flexibility index (Phi) is 3.36. The normalized spacial score (nSPS) is 18.7. The minimum Gasteiger partial charge on any atom is -0.548 e. The minimum atomic E-state index is -1.52. The lowest BCUT2D eigenvalue weighted by Gasteiger charge is -2.25. The second-order valence-electron chi connectivity index (χ2n) is 2.85. The van der Waals surface area contributed by atoms with Crippen LogP contribution in [0.3, 0.4) is 0 Å². The quantitative estimate of drug-likeness (QED) is 0.638. The molecule has 0 bridgehead atoms. The van der Waals surface area contributed by atoms with E-state index in [0.29, 0.717) is 4.90 Å². The number of imide groups is 1. The van der Waals surface area contributed by atoms with Gasteiger partial charge in [0.2, 0.25) is 0 Å². The molecule has 0 saturated heterocycles. The number of carboxylic acid groups (broad SMARTS) is 1. The summed E-state index contributed by atoms with van der Waals surface area (Å²) < 4.78 is 0. The van der Waals surface area contributed by atoms with E-state index in [1.165, 1.54) is 6.92 Å². The summed E-state index contributed by atoms with van der Waals surface area (Å²) in [6.07, 6.45) is 0.0359. The van der Waals surface area contributed by atoms with Crippen LogP contribution in [0.1, 0.15) is 13.3 Å². The van der Waals surface area contributed by atoms with Crippen molar-refractivity contribution in [2.75, 3.05) is 0 Å². The number of carbonyl (C=O) groups excluding carboxylic acids is 3. The summed E-state index contributed by atoms with van der Waals surface area (Å²) in [7, 11) is 0. The Morgan fingerprint density at radius 1 is 1.33 bits per heavy atom. The molecule has 0 fully saturated rings. The van der Waals surface area contributed by atoms with Gasteiger partial charge in [0.05, 0.1) is 12.0 Å². The molecular weight excluding hydrogens is 245 g/mol. The summed E-state index contributed by atoms with van der Waals surface area (Å²) in [4.78, 5) is 33.9. The Labute approximate surface area is 95.2 Å². The first-order valence-electron chi connectivity index (χ1n) is 4.05. The lowest BCUT2D eigenvalue weighted by Crippen LogP contribution is -2.50. The molecule has 0 aromatic rings. The van der Waals surface area contributed by atoms with Gasteiger partial charge in [0.1, 0.15) is 10.1 Å². The van der Waals surface area contributed by atoms with Gasteiger partial charge in [0.15, 0.2) is 0 Å². The van der Waals surface area contributed by atoms with Crippen molar-refractivity contribution in [2.24, 2.45) is 0 Å². The van der Waals surface area contributed by atoms with Gasteiger partial charge in [0, 0.05) is 0 Å². The Hall–Kier alpha value is -1.07. The van der Waals surface area contributed by atoms with Crippen molar-refractivity contribution in [3.05, 3.63) is 10.1 Å². The highest BCUT2D eigenvalue weighted by molar-refractivity contribution is 6.58. The van der Waals surface area contributed by atoms with Crippen LogP contribution in [0, 0.1) is 0 Å². The number of carbonyl (C=O) groups is 3. The van der Waals surface area contributed by atoms with Crippen LogP contribution in [-0.2, 0) is 14.4 Å². The van der Waals surface area contributed by atoms with Crippen LogP contribution >= 0.6 is 23.2 Å². The number of hydrogen-bond acceptors (Lipinski definition) is 4. The standard InChI is InChI=1S/C8H7Cl2NO4/c1-2-3(8(14)15)11-6(12)4(9)5(10)7(11)13/h3H,2H2,1H3,(H,14,15)/p-1. The molecule has 1 aliphatic rings. The maximum atomic E-state index is 11.4. The monoisotopic (exact) mass is 250 g/mol. The molecule has 0 N–H and O–H groups in total. The van der Waals surface area contributed by atoms with Crippen molar-refractivity contribution in [2.45, 2.75) is 19.4 Å². The molecule has 1 heterocycles. The predicted molar refractivity (Wildman–Crippen MR) is 49.7 cm³/mol. The molecule has 0 aromatic carbocycles. The fourth-order valence-corrected chi connectivity index (χ4v) is 1.57. The number of rotatable bonds is 3. The van der Waals surface area contributed by atoms with Crippen LogP contribution in [0.25, 0.3) is 0 Å². The molecule has 1 unspecified atom stereocenters. The number of aliphatic carboxylic acids is 1. The van der Waals surface area contributed by atoms with Crippen LogP contribution in [0.15, 0.2) is 10.1 Å². The van der Waals surface area contributed by atoms with Crippen molar-refractivity contribution in [3.63, 3.8) is 0 Å². The summed E-state index contributed by atoms with van der Waals surface area (Å²) >= 11 is 10.9. The first kappa shape index (κ1) is 12.0. The highest BCUT2D eigenvalue weighted by atomic mass is 35.5. The second kappa shape index (κ2) is 4.20. The Balaban J connectivity index is 3.06. The van der Waals surface area contributed by atoms with Crippen molar-refractivity contribution in [1.82, 2.24) is 4.90 Å². The van der Waals surface area contributed by atoms with Gasteiger partial charge >= 0.3 is 0 Å². The summed E-state index contributed by atoms with van der Waals surface area (Å²) in [5.74, 6) is -3.32. The molecule has 7 heteroatoms. The van der Waals surface area contributed by atoms with Gasteiger partial charge in [-0.05, 0) is 6.42 Å². The molecule has 1 atom stereocenters. The lowest BCUT2D eigenvalue weighted by atomic mass is 10.2. The van der Waals surface area contributed by atoms with Gasteiger partial charge in [-0.2, -0.15) is 0 Å². The maximum Gasteiger partial charge on any atom is 0.274 e. The van der Waals surface area contributed by atoms with E-state index in [4.69, 9.17) is 23.2 Å². The van der Waals surface area contributed by atoms with Gasteiger partial charge in [-0.15, -0.1) is 0 Å². The molecular formula is C8H6Cl2NO4-. The van der Waals surface area contributed by atoms with Crippen LogP contribution in [0.4, 0.5) is 0 Å². The first-order chi connectivity index (χ1) is 6.91. The van der Waals surface area contributed by atoms with E-state index in [0.717, 1.165) is 0 Å². The third-order valence-corrected chi connectivity index (χ3v) is 2.77. The van der Waals surface area contributed by atoms with E-state index in [9.17, 15) is 19.5 Å². The maximum absolute atomic E-state index is 11.4. The Morgan fingerprint density at radius 3 is 2.00 bits per heavy atom. The highest BCUT2D eigenvalue weighted by Crippen LogP contribution is 2.28. The molecule has 0 aliphatic carbocycles. The smallest absolute Gasteiger partial charge is 0.274 e. The van der Waals surface area contributed by atoms with Gasteiger partial charge < -0.3 is 9.90 Å². The number of halogens is 2. The third kappa shape index (κ3) is 1.85. The Morgan fingerprint density at radius 2 is 1.73 bits per heavy atom. The summed E-state index contributed by atoms with van der Waals surface area (Å²) in [6.45, 7) is 1.50. The molecule has 2 amide bonds. The van der Waals surface area contributed by atoms with Crippen molar-refractivity contribution in [3.8, 4) is 0 Å². The van der Waals surface area contributed by atoms with Gasteiger partial charge in [-0.3, -0.25) is 14.5 Å². The van der Waals surface area contributed by atoms with Crippen molar-refractivity contribution >= 4 is 41.0 Å². The minimum absolute atomic E-state index is 0.0359. The zero-order chi connectivity index (χ0) is 11.7. The fraction of sp³-hybridized carbons (Fsp3) is 0.375. The van der Waals surface area contributed by atoms with Crippen LogP contribution in [-0.4, -0.2) is 28.7 Å². The van der Waals surface area contributed by atoms with E-state index >= 15 is 0 Å². The van der Waals surface area contributed by atoms with Crippen molar-refractivity contribution in [1.29, 1.82) is 0 Å². The van der Waals surface area contributed by atoms with Gasteiger partial charge in [0.25, 0.3) is 11.8 Å². The van der Waals surface area contributed by atoms with Crippen LogP contribution < -0.4 is 5.11 Å². The molecule has 15 heavy (non-hydrogen) atoms. The molecule has 5 nitrogen and oxygen atoms in total. The van der Waals surface area contributed by atoms with E-state index in [1.54, 1.807) is 0 Å². The largest absolute Gasteiger partial charge is 0.548 e. The van der Waals surface area contributed by atoms with Crippen molar-refractivity contribution < 1.29 is 19.5 Å². The molecule has 0 radical (unpaired) electrons. The first-order valence-corrected chi connectivity index (χ1v) is 4.81. The van der Waals surface area contributed by atoms with E-state index in [1.807, 2.05) is 0 Å². The number of hydrogen-bond donors (Lipinski definition) is 0. The second-order valence-corrected chi connectivity index (χ2v) is 3.61. The number of amides is 2. The average Bonchev–Trinajstić information content (AvgIpc) is 2.36. The fourth-order valence-electron chi connectivity index (χ4n) is 1.23. The highest BCUT2D eigenvalue weighted by Gasteiger charge is 2.40.